The van der Waals surface area contributed by atoms with Crippen LogP contribution in [0.5, 0.6) is 0 Å². The van der Waals surface area contributed by atoms with Crippen LogP contribution < -0.4 is 11.1 Å². The Labute approximate surface area is 75.0 Å². The van der Waals surface area contributed by atoms with Gasteiger partial charge in [0.1, 0.15) is 0 Å². The predicted molar refractivity (Wildman–Crippen MR) is 52.1 cm³/mol. The van der Waals surface area contributed by atoms with E-state index in [0.29, 0.717) is 18.5 Å². The van der Waals surface area contributed by atoms with E-state index < -0.39 is 0 Å². The summed E-state index contributed by atoms with van der Waals surface area (Å²) >= 11 is 0. The molecule has 0 amide bonds. The van der Waals surface area contributed by atoms with E-state index in [1.807, 2.05) is 6.08 Å². The quantitative estimate of drug-likeness (QED) is 0.545. The van der Waals surface area contributed by atoms with Crippen LogP contribution in [0.3, 0.4) is 0 Å². The van der Waals surface area contributed by atoms with Crippen LogP contribution >= 0.6 is 0 Å². The highest BCUT2D eigenvalue weighted by molar-refractivity contribution is 4.79. The lowest BCUT2D eigenvalue weighted by Gasteiger charge is -2.22. The third-order valence-electron chi connectivity index (χ3n) is 1.89. The molecule has 0 bridgehead atoms. The molecule has 0 aromatic heterocycles. The van der Waals surface area contributed by atoms with Crippen molar-refractivity contribution in [3.8, 4) is 0 Å². The van der Waals surface area contributed by atoms with E-state index in [2.05, 4.69) is 18.8 Å². The maximum absolute atomic E-state index is 5.59. The van der Waals surface area contributed by atoms with Gasteiger partial charge in [0.25, 0.3) is 0 Å². The van der Waals surface area contributed by atoms with Gasteiger partial charge in [0.2, 0.25) is 0 Å². The third kappa shape index (κ3) is 4.49. The summed E-state index contributed by atoms with van der Waals surface area (Å²) in [7, 11) is 1.71. The van der Waals surface area contributed by atoms with Gasteiger partial charge < -0.3 is 15.8 Å². The van der Waals surface area contributed by atoms with Crippen LogP contribution in [-0.2, 0) is 4.74 Å². The molecule has 3 heteroatoms. The monoisotopic (exact) mass is 172 g/mol. The number of nitrogens with one attached hydrogen (secondary N) is 1. The molecule has 0 aliphatic carbocycles. The summed E-state index contributed by atoms with van der Waals surface area (Å²) in [4.78, 5) is 0. The maximum atomic E-state index is 5.59. The zero-order chi connectivity index (χ0) is 9.40. The molecule has 12 heavy (non-hydrogen) atoms. The van der Waals surface area contributed by atoms with Gasteiger partial charge in [-0.2, -0.15) is 0 Å². The molecule has 0 aromatic rings. The van der Waals surface area contributed by atoms with Crippen LogP contribution in [0.25, 0.3) is 0 Å². The van der Waals surface area contributed by atoms with E-state index in [1.54, 1.807) is 7.11 Å². The zero-order valence-corrected chi connectivity index (χ0v) is 8.05. The van der Waals surface area contributed by atoms with E-state index >= 15 is 0 Å². The van der Waals surface area contributed by atoms with Gasteiger partial charge in [0.05, 0.1) is 6.61 Å². The number of hydrogen-bond acceptors (Lipinski definition) is 3. The lowest BCUT2D eigenvalue weighted by atomic mass is 10.0. The highest BCUT2D eigenvalue weighted by Crippen LogP contribution is 2.01. The summed E-state index contributed by atoms with van der Waals surface area (Å²) in [5.41, 5.74) is 5.59. The molecule has 0 aromatic carbocycles. The number of rotatable bonds is 7. The van der Waals surface area contributed by atoms with Crippen molar-refractivity contribution < 1.29 is 4.74 Å². The molecule has 0 saturated heterocycles. The van der Waals surface area contributed by atoms with E-state index in [-0.39, 0.29) is 0 Å². The molecule has 0 aliphatic rings. The third-order valence-corrected chi connectivity index (χ3v) is 1.89. The zero-order valence-electron chi connectivity index (χ0n) is 8.05. The Morgan fingerprint density at radius 3 is 2.75 bits per heavy atom. The van der Waals surface area contributed by atoms with E-state index in [4.69, 9.17) is 10.5 Å². The fraction of sp³-hybridized carbons (Fsp3) is 0.778. The van der Waals surface area contributed by atoms with Gasteiger partial charge in [0.15, 0.2) is 0 Å². The van der Waals surface area contributed by atoms with E-state index in [1.165, 1.54) is 0 Å². The van der Waals surface area contributed by atoms with Gasteiger partial charge in [-0.25, -0.2) is 0 Å². The molecule has 0 saturated carbocycles. The Morgan fingerprint density at radius 2 is 2.33 bits per heavy atom. The first-order valence-corrected chi connectivity index (χ1v) is 4.29. The second-order valence-corrected chi connectivity index (χ2v) is 2.97. The average molecular weight is 172 g/mol. The summed E-state index contributed by atoms with van der Waals surface area (Å²) in [5, 5.41) is 3.28. The first-order valence-electron chi connectivity index (χ1n) is 4.29. The molecule has 0 aliphatic heterocycles. The molecule has 0 fully saturated rings. The Kier molecular flexibility index (Phi) is 7.05. The van der Waals surface area contributed by atoms with Crippen molar-refractivity contribution in [2.45, 2.75) is 13.0 Å². The lowest BCUT2D eigenvalue weighted by Crippen LogP contribution is -2.42. The van der Waals surface area contributed by atoms with Crippen molar-refractivity contribution in [1.29, 1.82) is 0 Å². The van der Waals surface area contributed by atoms with Crippen molar-refractivity contribution >= 4 is 0 Å². The normalized spacial score (nSPS) is 15.6. The average Bonchev–Trinajstić information content (AvgIpc) is 2.06. The van der Waals surface area contributed by atoms with Crippen LogP contribution in [0, 0.1) is 5.92 Å². The molecule has 2 unspecified atom stereocenters. The standard InChI is InChI=1S/C9H20N2O/c1-4-5-11-9(6-10)8(2)7-12-3/h4,8-9,11H,1,5-7,10H2,2-3H3. The van der Waals surface area contributed by atoms with Crippen molar-refractivity contribution in [3.63, 3.8) is 0 Å². The maximum Gasteiger partial charge on any atom is 0.0503 e. The van der Waals surface area contributed by atoms with Crippen molar-refractivity contribution in [1.82, 2.24) is 5.32 Å². The second kappa shape index (κ2) is 7.28. The van der Waals surface area contributed by atoms with Crippen molar-refractivity contribution in [2.75, 3.05) is 26.8 Å². The topological polar surface area (TPSA) is 47.3 Å². The smallest absolute Gasteiger partial charge is 0.0503 e. The SMILES string of the molecule is C=CCNC(CN)C(C)COC. The van der Waals surface area contributed by atoms with Gasteiger partial charge in [-0.05, 0) is 5.92 Å². The molecular weight excluding hydrogens is 152 g/mol. The number of methoxy groups -OCH3 is 1. The Balaban J connectivity index is 3.69. The second-order valence-electron chi connectivity index (χ2n) is 2.97. The molecular formula is C9H20N2O. The Hall–Kier alpha value is -0.380. The molecule has 0 radical (unpaired) electrons. The number of hydrogen-bond donors (Lipinski definition) is 2. The predicted octanol–water partition coefficient (Wildman–Crippen LogP) is 0.372. The summed E-state index contributed by atoms with van der Waals surface area (Å²) in [6, 6.07) is 0.322. The van der Waals surface area contributed by atoms with Gasteiger partial charge >= 0.3 is 0 Å². The summed E-state index contributed by atoms with van der Waals surface area (Å²) in [5.74, 6) is 0.444. The first kappa shape index (κ1) is 11.6. The highest BCUT2D eigenvalue weighted by atomic mass is 16.5. The van der Waals surface area contributed by atoms with Gasteiger partial charge in [-0.3, -0.25) is 0 Å². The van der Waals surface area contributed by atoms with Gasteiger partial charge in [-0.15, -0.1) is 6.58 Å². The summed E-state index contributed by atoms with van der Waals surface area (Å²) in [6.07, 6.45) is 1.84. The molecule has 2 atom stereocenters. The van der Waals surface area contributed by atoms with Crippen LogP contribution in [0.15, 0.2) is 12.7 Å². The van der Waals surface area contributed by atoms with Crippen LogP contribution in [0.1, 0.15) is 6.92 Å². The minimum absolute atomic E-state index is 0.322. The number of ether oxygens (including phenoxy) is 1. The number of nitrogens with two attached hydrogens (primary N) is 1. The fourth-order valence-corrected chi connectivity index (χ4v) is 1.13. The van der Waals surface area contributed by atoms with Gasteiger partial charge in [0, 0.05) is 26.2 Å². The summed E-state index contributed by atoms with van der Waals surface area (Å²) in [6.45, 7) is 7.94. The summed E-state index contributed by atoms with van der Waals surface area (Å²) < 4.78 is 5.04. The largest absolute Gasteiger partial charge is 0.384 e. The Morgan fingerprint density at radius 1 is 1.67 bits per heavy atom. The molecule has 0 spiro atoms. The van der Waals surface area contributed by atoms with E-state index in [0.717, 1.165) is 13.2 Å². The van der Waals surface area contributed by atoms with Crippen LogP contribution in [0.2, 0.25) is 0 Å². The van der Waals surface area contributed by atoms with Gasteiger partial charge in [-0.1, -0.05) is 13.0 Å². The first-order chi connectivity index (χ1) is 5.76. The molecule has 72 valence electrons. The van der Waals surface area contributed by atoms with Crippen molar-refractivity contribution in [3.05, 3.63) is 12.7 Å². The highest BCUT2D eigenvalue weighted by Gasteiger charge is 2.13. The van der Waals surface area contributed by atoms with Crippen molar-refractivity contribution in [2.24, 2.45) is 11.7 Å². The Bertz CT molecular complexity index is 117. The van der Waals surface area contributed by atoms with Crippen LogP contribution in [-0.4, -0.2) is 32.8 Å². The molecule has 0 rings (SSSR count). The molecule has 0 heterocycles. The molecule has 3 nitrogen and oxygen atoms in total. The minimum Gasteiger partial charge on any atom is -0.384 e. The fourth-order valence-electron chi connectivity index (χ4n) is 1.13. The van der Waals surface area contributed by atoms with E-state index in [9.17, 15) is 0 Å². The molecule has 3 N–H and O–H groups in total. The minimum atomic E-state index is 0.322. The lowest BCUT2D eigenvalue weighted by molar-refractivity contribution is 0.141. The van der Waals surface area contributed by atoms with Crippen LogP contribution in [0.4, 0.5) is 0 Å².